The number of benzene rings is 1. The normalized spacial score (nSPS) is 16.6. The third kappa shape index (κ3) is 2.92. The average molecular weight is 327 g/mol. The molecule has 2 N–H and O–H groups in total. The summed E-state index contributed by atoms with van der Waals surface area (Å²) >= 11 is 3.41. The van der Waals surface area contributed by atoms with E-state index in [1.54, 1.807) is 7.11 Å². The number of halogens is 1. The first kappa shape index (κ1) is 14.3. The van der Waals surface area contributed by atoms with E-state index < -0.39 is 0 Å². The molecule has 1 aliphatic carbocycles. The number of anilines is 1. The first-order valence-corrected chi connectivity index (χ1v) is 7.20. The topological polar surface area (TPSA) is 50.4 Å². The molecule has 0 radical (unpaired) electrons. The summed E-state index contributed by atoms with van der Waals surface area (Å²) < 4.78 is 6.19. The van der Waals surface area contributed by atoms with Crippen LogP contribution in [0, 0.1) is 5.41 Å². The zero-order chi connectivity index (χ0) is 13.9. The molecule has 0 unspecified atom stereocenters. The minimum Gasteiger partial charge on any atom is -0.495 e. The number of amides is 1. The van der Waals surface area contributed by atoms with Crippen LogP contribution in [0.15, 0.2) is 22.7 Å². The van der Waals surface area contributed by atoms with Crippen molar-refractivity contribution >= 4 is 27.5 Å². The molecule has 0 spiro atoms. The van der Waals surface area contributed by atoms with Gasteiger partial charge in [0.1, 0.15) is 5.75 Å². The maximum Gasteiger partial charge on any atom is 0.231 e. The molecule has 5 heteroatoms. The second-order valence-corrected chi connectivity index (χ2v) is 5.88. The summed E-state index contributed by atoms with van der Waals surface area (Å²) in [7, 11) is 3.48. The van der Waals surface area contributed by atoms with Gasteiger partial charge in [0, 0.05) is 11.0 Å². The van der Waals surface area contributed by atoms with Gasteiger partial charge in [0.2, 0.25) is 5.91 Å². The van der Waals surface area contributed by atoms with Crippen molar-refractivity contribution in [2.45, 2.75) is 19.3 Å². The van der Waals surface area contributed by atoms with Crippen molar-refractivity contribution in [1.82, 2.24) is 5.32 Å². The minimum absolute atomic E-state index is 0.0736. The number of rotatable bonds is 5. The van der Waals surface area contributed by atoms with Gasteiger partial charge in [-0.15, -0.1) is 0 Å². The third-order valence-electron chi connectivity index (χ3n) is 3.72. The summed E-state index contributed by atoms with van der Waals surface area (Å²) in [5, 5.41) is 6.11. The fourth-order valence-corrected chi connectivity index (χ4v) is 2.82. The summed E-state index contributed by atoms with van der Waals surface area (Å²) in [4.78, 5) is 12.5. The molecule has 104 valence electrons. The molecular weight excluding hydrogens is 308 g/mol. The lowest BCUT2D eigenvalue weighted by Crippen LogP contribution is -2.48. The highest BCUT2D eigenvalue weighted by molar-refractivity contribution is 9.10. The van der Waals surface area contributed by atoms with E-state index in [-0.39, 0.29) is 11.3 Å². The standard InChI is InChI=1S/C14H19BrN2O2/c1-16-9-14(6-3-7-14)13(18)17-11-8-10(15)4-5-12(11)19-2/h4-5,8,16H,3,6-7,9H2,1-2H3,(H,17,18). The van der Waals surface area contributed by atoms with Gasteiger partial charge < -0.3 is 15.4 Å². The quantitative estimate of drug-likeness (QED) is 0.874. The van der Waals surface area contributed by atoms with E-state index in [4.69, 9.17) is 4.74 Å². The van der Waals surface area contributed by atoms with Gasteiger partial charge in [-0.25, -0.2) is 0 Å². The molecular formula is C14H19BrN2O2. The zero-order valence-corrected chi connectivity index (χ0v) is 12.8. The number of carbonyl (C=O) groups is 1. The van der Waals surface area contributed by atoms with Gasteiger partial charge in [-0.2, -0.15) is 0 Å². The molecule has 2 rings (SSSR count). The molecule has 1 fully saturated rings. The SMILES string of the molecule is CNCC1(C(=O)Nc2cc(Br)ccc2OC)CCC1. The van der Waals surface area contributed by atoms with Crippen LogP contribution in [0.1, 0.15) is 19.3 Å². The Labute approximate surface area is 122 Å². The fourth-order valence-electron chi connectivity index (χ4n) is 2.46. The minimum atomic E-state index is -0.262. The van der Waals surface area contributed by atoms with Gasteiger partial charge >= 0.3 is 0 Å². The fraction of sp³-hybridized carbons (Fsp3) is 0.500. The van der Waals surface area contributed by atoms with E-state index >= 15 is 0 Å². The first-order valence-electron chi connectivity index (χ1n) is 6.41. The number of nitrogens with one attached hydrogen (secondary N) is 2. The summed E-state index contributed by atoms with van der Waals surface area (Å²) in [6.45, 7) is 0.717. The van der Waals surface area contributed by atoms with Gasteiger partial charge in [-0.1, -0.05) is 22.4 Å². The maximum absolute atomic E-state index is 12.5. The number of ether oxygens (including phenoxy) is 1. The lowest BCUT2D eigenvalue weighted by Gasteiger charge is -2.40. The van der Waals surface area contributed by atoms with E-state index in [1.807, 2.05) is 25.2 Å². The Morgan fingerprint density at radius 3 is 2.74 bits per heavy atom. The predicted octanol–water partition coefficient (Wildman–Crippen LogP) is 2.79. The van der Waals surface area contributed by atoms with Gasteiger partial charge in [0.15, 0.2) is 0 Å². The Balaban J connectivity index is 2.16. The molecule has 1 aromatic rings. The van der Waals surface area contributed by atoms with Crippen LogP contribution in [-0.2, 0) is 4.79 Å². The van der Waals surface area contributed by atoms with Crippen molar-refractivity contribution in [3.05, 3.63) is 22.7 Å². The Kier molecular flexibility index (Phi) is 4.47. The van der Waals surface area contributed by atoms with Crippen molar-refractivity contribution in [3.8, 4) is 5.75 Å². The molecule has 0 bridgehead atoms. The Morgan fingerprint density at radius 1 is 1.47 bits per heavy atom. The monoisotopic (exact) mass is 326 g/mol. The van der Waals surface area contributed by atoms with Crippen LogP contribution in [0.2, 0.25) is 0 Å². The first-order chi connectivity index (χ1) is 9.11. The van der Waals surface area contributed by atoms with Crippen LogP contribution in [0.4, 0.5) is 5.69 Å². The van der Waals surface area contributed by atoms with Gasteiger partial charge in [-0.05, 0) is 38.1 Å². The van der Waals surface area contributed by atoms with Crippen LogP contribution in [0.5, 0.6) is 5.75 Å². The molecule has 1 aliphatic rings. The Hall–Kier alpha value is -1.07. The summed E-state index contributed by atoms with van der Waals surface area (Å²) in [5.41, 5.74) is 0.450. The van der Waals surface area contributed by atoms with Crippen LogP contribution < -0.4 is 15.4 Å². The highest BCUT2D eigenvalue weighted by Gasteiger charge is 2.43. The molecule has 0 heterocycles. The smallest absolute Gasteiger partial charge is 0.231 e. The summed E-state index contributed by atoms with van der Waals surface area (Å²) in [6, 6.07) is 5.59. The molecule has 1 amide bonds. The zero-order valence-electron chi connectivity index (χ0n) is 11.3. The highest BCUT2D eigenvalue weighted by atomic mass is 79.9. The molecule has 0 aliphatic heterocycles. The Bertz CT molecular complexity index is 473. The van der Waals surface area contributed by atoms with Crippen molar-refractivity contribution in [2.75, 3.05) is 26.0 Å². The van der Waals surface area contributed by atoms with Crippen LogP contribution in [0.3, 0.4) is 0 Å². The second-order valence-electron chi connectivity index (χ2n) is 4.96. The van der Waals surface area contributed by atoms with Gasteiger partial charge in [0.05, 0.1) is 18.2 Å². The number of methoxy groups -OCH3 is 1. The van der Waals surface area contributed by atoms with Crippen LogP contribution in [-0.4, -0.2) is 26.6 Å². The number of carbonyl (C=O) groups excluding carboxylic acids is 1. The van der Waals surface area contributed by atoms with Crippen molar-refractivity contribution in [3.63, 3.8) is 0 Å². The van der Waals surface area contributed by atoms with E-state index in [0.717, 1.165) is 30.3 Å². The van der Waals surface area contributed by atoms with Crippen molar-refractivity contribution in [2.24, 2.45) is 5.41 Å². The predicted molar refractivity (Wildman–Crippen MR) is 79.5 cm³/mol. The second kappa shape index (κ2) is 5.92. The molecule has 1 aromatic carbocycles. The van der Waals surface area contributed by atoms with Gasteiger partial charge in [0.25, 0.3) is 0 Å². The lowest BCUT2D eigenvalue weighted by atomic mass is 9.68. The van der Waals surface area contributed by atoms with E-state index in [9.17, 15) is 4.79 Å². The van der Waals surface area contributed by atoms with Crippen molar-refractivity contribution < 1.29 is 9.53 Å². The molecule has 0 atom stereocenters. The Morgan fingerprint density at radius 2 is 2.21 bits per heavy atom. The largest absolute Gasteiger partial charge is 0.495 e. The van der Waals surface area contributed by atoms with Crippen LogP contribution in [0.25, 0.3) is 0 Å². The van der Waals surface area contributed by atoms with Crippen molar-refractivity contribution in [1.29, 1.82) is 0 Å². The van der Waals surface area contributed by atoms with E-state index in [0.29, 0.717) is 11.4 Å². The maximum atomic E-state index is 12.5. The van der Waals surface area contributed by atoms with Crippen LogP contribution >= 0.6 is 15.9 Å². The van der Waals surface area contributed by atoms with E-state index in [1.165, 1.54) is 0 Å². The molecule has 4 nitrogen and oxygen atoms in total. The summed E-state index contributed by atoms with van der Waals surface area (Å²) in [5.74, 6) is 0.750. The van der Waals surface area contributed by atoms with Gasteiger partial charge in [-0.3, -0.25) is 4.79 Å². The molecule has 19 heavy (non-hydrogen) atoms. The number of hydrogen-bond acceptors (Lipinski definition) is 3. The molecule has 0 saturated heterocycles. The molecule has 1 saturated carbocycles. The number of hydrogen-bond donors (Lipinski definition) is 2. The van der Waals surface area contributed by atoms with E-state index in [2.05, 4.69) is 26.6 Å². The third-order valence-corrected chi connectivity index (χ3v) is 4.21. The molecule has 0 aromatic heterocycles. The average Bonchev–Trinajstić information content (AvgIpc) is 2.34. The highest BCUT2D eigenvalue weighted by Crippen LogP contribution is 2.42. The lowest BCUT2D eigenvalue weighted by molar-refractivity contribution is -0.129. The summed E-state index contributed by atoms with van der Waals surface area (Å²) in [6.07, 6.45) is 3.00.